The first-order valence-electron chi connectivity index (χ1n) is 12.7. The van der Waals surface area contributed by atoms with Gasteiger partial charge in [0, 0.05) is 11.6 Å². The molecule has 1 N–H and O–H groups in total. The summed E-state index contributed by atoms with van der Waals surface area (Å²) in [5.41, 5.74) is 4.51. The Bertz CT molecular complexity index is 1440. The van der Waals surface area contributed by atoms with Gasteiger partial charge < -0.3 is 5.32 Å². The Morgan fingerprint density at radius 1 is 1.16 bits per heavy atom. The number of nitrogens with zero attached hydrogens (tertiary/aromatic N) is 3. The number of halogens is 4. The molecule has 2 heterocycles. The van der Waals surface area contributed by atoms with Crippen molar-refractivity contribution in [2.45, 2.75) is 38.8 Å². The first kappa shape index (κ1) is 24.6. The smallest absolute Gasteiger partial charge is 0.324 e. The van der Waals surface area contributed by atoms with Crippen LogP contribution in [0.2, 0.25) is 0 Å². The minimum absolute atomic E-state index is 0.231. The van der Waals surface area contributed by atoms with Crippen LogP contribution in [-0.4, -0.2) is 26.8 Å². The van der Waals surface area contributed by atoms with Crippen LogP contribution in [0.1, 0.15) is 37.4 Å². The highest BCUT2D eigenvalue weighted by Crippen LogP contribution is 2.59. The second kappa shape index (κ2) is 8.92. The van der Waals surface area contributed by atoms with E-state index < -0.39 is 35.3 Å². The topological polar surface area (TPSA) is 59.8 Å². The molecule has 1 aromatic carbocycles. The number of rotatable bonds is 3. The summed E-state index contributed by atoms with van der Waals surface area (Å²) >= 11 is 0. The van der Waals surface area contributed by atoms with Crippen molar-refractivity contribution in [2.75, 3.05) is 5.32 Å². The van der Waals surface area contributed by atoms with Crippen LogP contribution in [0.5, 0.6) is 0 Å². The number of amides is 1. The van der Waals surface area contributed by atoms with Crippen LogP contribution in [-0.2, 0) is 11.2 Å². The van der Waals surface area contributed by atoms with E-state index in [2.05, 4.69) is 28.4 Å². The molecule has 5 nitrogen and oxygen atoms in total. The zero-order valence-electron chi connectivity index (χ0n) is 20.7. The van der Waals surface area contributed by atoms with Crippen LogP contribution in [0.3, 0.4) is 0 Å². The van der Waals surface area contributed by atoms with Crippen molar-refractivity contribution in [3.63, 3.8) is 0 Å². The minimum atomic E-state index is -4.49. The highest BCUT2D eigenvalue weighted by Gasteiger charge is 2.56. The molecule has 0 spiro atoms. The molecule has 1 saturated carbocycles. The lowest BCUT2D eigenvalue weighted by Crippen LogP contribution is -2.49. The Balaban J connectivity index is 1.36. The number of alkyl halides is 3. The molecule has 0 unspecified atom stereocenters. The number of benzene rings is 1. The van der Waals surface area contributed by atoms with Gasteiger partial charge in [0.1, 0.15) is 5.82 Å². The molecule has 0 radical (unpaired) electrons. The zero-order chi connectivity index (χ0) is 26.7. The Morgan fingerprint density at radius 2 is 1.95 bits per heavy atom. The number of carbonyl (C=O) groups is 1. The lowest BCUT2D eigenvalue weighted by Gasteiger charge is -2.50. The van der Waals surface area contributed by atoms with E-state index in [0.717, 1.165) is 28.1 Å². The normalized spacial score (nSPS) is 26.4. The summed E-state index contributed by atoms with van der Waals surface area (Å²) in [6.07, 6.45) is 5.44. The van der Waals surface area contributed by atoms with E-state index in [-0.39, 0.29) is 12.2 Å². The van der Waals surface area contributed by atoms with E-state index in [1.165, 1.54) is 18.3 Å². The fourth-order valence-corrected chi connectivity index (χ4v) is 6.60. The quantitative estimate of drug-likeness (QED) is 0.315. The molecule has 1 amide bonds. The molecule has 9 heteroatoms. The molecule has 3 aromatic rings. The maximum atomic E-state index is 14.2. The Hall–Kier alpha value is -3.75. The molecule has 2 aromatic heterocycles. The molecule has 6 rings (SSSR count). The number of anilines is 1. The highest BCUT2D eigenvalue weighted by molar-refractivity contribution is 5.93. The zero-order valence-corrected chi connectivity index (χ0v) is 20.7. The summed E-state index contributed by atoms with van der Waals surface area (Å²) < 4.78 is 57.8. The van der Waals surface area contributed by atoms with Crippen molar-refractivity contribution in [3.05, 3.63) is 89.3 Å². The molecular weight excluding hydrogens is 496 g/mol. The van der Waals surface area contributed by atoms with Crippen molar-refractivity contribution in [3.8, 4) is 5.69 Å². The van der Waals surface area contributed by atoms with Gasteiger partial charge in [-0.1, -0.05) is 24.1 Å². The molecule has 0 saturated heterocycles. The minimum Gasteiger partial charge on any atom is -0.324 e. The predicted molar refractivity (Wildman–Crippen MR) is 135 cm³/mol. The fourth-order valence-electron chi connectivity index (χ4n) is 6.60. The molecule has 196 valence electrons. The molecule has 1 fully saturated rings. The lowest BCUT2D eigenvalue weighted by atomic mass is 9.54. The van der Waals surface area contributed by atoms with Crippen LogP contribution in [0.15, 0.2) is 72.2 Å². The number of hydrogen-bond donors (Lipinski definition) is 1. The van der Waals surface area contributed by atoms with Crippen molar-refractivity contribution in [2.24, 2.45) is 23.2 Å². The molecular formula is C29H26F4N4O. The van der Waals surface area contributed by atoms with Crippen molar-refractivity contribution >= 4 is 17.7 Å². The third-order valence-corrected chi connectivity index (χ3v) is 8.39. The SMILES string of the molecule is C[C@]12Cc3cnn(-c4ccc(F)cc4)c3C=C1CC[C@H]1C2=CC[C@@H](C(F)(F)F)[C@@H]1C(=O)Nc1cccnc1. The molecule has 0 aliphatic heterocycles. The van der Waals surface area contributed by atoms with Gasteiger partial charge in [-0.05, 0) is 79.6 Å². The monoisotopic (exact) mass is 522 g/mol. The second-order valence-electron chi connectivity index (χ2n) is 10.6. The Kier molecular flexibility index (Phi) is 5.77. The second-order valence-corrected chi connectivity index (χ2v) is 10.6. The predicted octanol–water partition coefficient (Wildman–Crippen LogP) is 6.53. The number of hydrogen-bond acceptors (Lipinski definition) is 3. The Morgan fingerprint density at radius 3 is 2.66 bits per heavy atom. The van der Waals surface area contributed by atoms with E-state index in [1.807, 2.05) is 0 Å². The standard InChI is InChI=1S/C29H26F4N4O/c1-28-14-17-15-35-37(21-7-5-19(30)6-8-21)25(17)13-18(28)4-9-22-23(28)10-11-24(29(31,32)33)26(22)27(38)36-20-3-2-12-34-16-20/h2-3,5-8,10,12-13,15-16,22,24,26H,4,9,11,14H2,1H3,(H,36,38)/t22-,24+,26+,28-/m0/s1. The van der Waals surface area contributed by atoms with Crippen LogP contribution < -0.4 is 5.32 Å². The summed E-state index contributed by atoms with van der Waals surface area (Å²) in [6, 6.07) is 9.35. The molecule has 4 atom stereocenters. The summed E-state index contributed by atoms with van der Waals surface area (Å²) in [7, 11) is 0. The average molecular weight is 523 g/mol. The van der Waals surface area contributed by atoms with Gasteiger partial charge in [-0.2, -0.15) is 18.3 Å². The van der Waals surface area contributed by atoms with E-state index >= 15 is 0 Å². The summed E-state index contributed by atoms with van der Waals surface area (Å²) in [5, 5.41) is 7.23. The molecule has 3 aliphatic rings. The van der Waals surface area contributed by atoms with Gasteiger partial charge in [0.05, 0.1) is 41.3 Å². The van der Waals surface area contributed by atoms with Crippen molar-refractivity contribution in [1.29, 1.82) is 0 Å². The van der Waals surface area contributed by atoms with E-state index in [0.29, 0.717) is 24.9 Å². The van der Waals surface area contributed by atoms with E-state index in [4.69, 9.17) is 0 Å². The van der Waals surface area contributed by atoms with Crippen LogP contribution in [0, 0.1) is 29.0 Å². The molecule has 3 aliphatic carbocycles. The lowest BCUT2D eigenvalue weighted by molar-refractivity contribution is -0.196. The van der Waals surface area contributed by atoms with Gasteiger partial charge >= 0.3 is 6.18 Å². The Labute approximate surface area is 217 Å². The first-order valence-corrected chi connectivity index (χ1v) is 12.7. The van der Waals surface area contributed by atoms with Crippen molar-refractivity contribution < 1.29 is 22.4 Å². The number of pyridine rings is 1. The maximum absolute atomic E-state index is 14.2. The van der Waals surface area contributed by atoms with E-state index in [9.17, 15) is 22.4 Å². The average Bonchev–Trinajstić information content (AvgIpc) is 3.29. The highest BCUT2D eigenvalue weighted by atomic mass is 19.4. The van der Waals surface area contributed by atoms with Gasteiger partial charge in [0.15, 0.2) is 0 Å². The first-order chi connectivity index (χ1) is 18.1. The summed E-state index contributed by atoms with van der Waals surface area (Å²) in [6.45, 7) is 2.07. The summed E-state index contributed by atoms with van der Waals surface area (Å²) in [5.74, 6) is -4.45. The fraction of sp³-hybridized carbons (Fsp3) is 0.345. The third kappa shape index (κ3) is 4.04. The number of allylic oxidation sites excluding steroid dienone is 3. The van der Waals surface area contributed by atoms with Gasteiger partial charge in [-0.3, -0.25) is 9.78 Å². The van der Waals surface area contributed by atoms with Crippen molar-refractivity contribution in [1.82, 2.24) is 14.8 Å². The van der Waals surface area contributed by atoms with Gasteiger partial charge in [-0.15, -0.1) is 0 Å². The molecule has 38 heavy (non-hydrogen) atoms. The largest absolute Gasteiger partial charge is 0.392 e. The number of nitrogens with one attached hydrogen (secondary N) is 1. The van der Waals surface area contributed by atoms with Crippen LogP contribution in [0.4, 0.5) is 23.2 Å². The number of fused-ring (bicyclic) bond motifs is 4. The maximum Gasteiger partial charge on any atom is 0.392 e. The molecule has 0 bridgehead atoms. The van der Waals surface area contributed by atoms with Crippen LogP contribution in [0.25, 0.3) is 11.8 Å². The van der Waals surface area contributed by atoms with Gasteiger partial charge in [0.25, 0.3) is 0 Å². The van der Waals surface area contributed by atoms with E-state index in [1.54, 1.807) is 47.4 Å². The third-order valence-electron chi connectivity index (χ3n) is 8.39. The number of aromatic nitrogens is 3. The van der Waals surface area contributed by atoms with Gasteiger partial charge in [-0.25, -0.2) is 9.07 Å². The van der Waals surface area contributed by atoms with Crippen LogP contribution >= 0.6 is 0 Å². The number of carbonyl (C=O) groups excluding carboxylic acids is 1. The van der Waals surface area contributed by atoms with Gasteiger partial charge in [0.2, 0.25) is 5.91 Å². The summed E-state index contributed by atoms with van der Waals surface area (Å²) in [4.78, 5) is 17.4.